The molecule has 102 valence electrons. The Kier molecular flexibility index (Phi) is 6.17. The monoisotopic (exact) mass is 243 g/mol. The summed E-state index contributed by atoms with van der Waals surface area (Å²) in [5.74, 6) is -0.285. The molecule has 0 aromatic heterocycles. The molecule has 0 aliphatic rings. The molecule has 0 aliphatic carbocycles. The van der Waals surface area contributed by atoms with E-state index in [0.29, 0.717) is 12.0 Å². The first kappa shape index (κ1) is 16.4. The van der Waals surface area contributed by atoms with Gasteiger partial charge in [-0.2, -0.15) is 0 Å². The summed E-state index contributed by atoms with van der Waals surface area (Å²) in [7, 11) is 0. The molecule has 3 heteroatoms. The standard InChI is InChI=1S/C14H29NO2/c1-7-14(5,6)9-8-10-17-12(16)11(15)13(2,3)4/h11H,7-10,15H2,1-6H3. The lowest BCUT2D eigenvalue weighted by Crippen LogP contribution is -2.43. The molecule has 0 saturated heterocycles. The summed E-state index contributed by atoms with van der Waals surface area (Å²) in [6.07, 6.45) is 3.12. The lowest BCUT2D eigenvalue weighted by Gasteiger charge is -2.25. The zero-order valence-corrected chi connectivity index (χ0v) is 12.3. The van der Waals surface area contributed by atoms with Crippen molar-refractivity contribution in [1.82, 2.24) is 0 Å². The smallest absolute Gasteiger partial charge is 0.323 e. The van der Waals surface area contributed by atoms with Crippen LogP contribution in [0.15, 0.2) is 0 Å². The van der Waals surface area contributed by atoms with E-state index in [0.717, 1.165) is 19.3 Å². The van der Waals surface area contributed by atoms with E-state index in [1.807, 2.05) is 20.8 Å². The molecular formula is C14H29NO2. The molecule has 1 unspecified atom stereocenters. The van der Waals surface area contributed by atoms with Gasteiger partial charge < -0.3 is 10.5 Å². The van der Waals surface area contributed by atoms with Gasteiger partial charge in [-0.25, -0.2) is 0 Å². The Balaban J connectivity index is 3.88. The molecule has 0 spiro atoms. The minimum atomic E-state index is -0.540. The molecule has 3 nitrogen and oxygen atoms in total. The molecule has 1 atom stereocenters. The van der Waals surface area contributed by atoms with Crippen LogP contribution in [0.3, 0.4) is 0 Å². The summed E-state index contributed by atoms with van der Waals surface area (Å²) in [6.45, 7) is 13.0. The Hall–Kier alpha value is -0.570. The van der Waals surface area contributed by atoms with Gasteiger partial charge in [-0.05, 0) is 23.7 Å². The molecule has 0 aromatic carbocycles. The Bertz CT molecular complexity index is 241. The Morgan fingerprint density at radius 3 is 2.18 bits per heavy atom. The van der Waals surface area contributed by atoms with Crippen molar-refractivity contribution in [3.05, 3.63) is 0 Å². The molecule has 0 amide bonds. The third kappa shape index (κ3) is 6.67. The van der Waals surface area contributed by atoms with Gasteiger partial charge in [0.15, 0.2) is 0 Å². The highest BCUT2D eigenvalue weighted by molar-refractivity contribution is 5.76. The number of hydrogen-bond acceptors (Lipinski definition) is 3. The van der Waals surface area contributed by atoms with Gasteiger partial charge in [0.05, 0.1) is 6.61 Å². The Morgan fingerprint density at radius 2 is 1.76 bits per heavy atom. The van der Waals surface area contributed by atoms with Crippen LogP contribution in [0.2, 0.25) is 0 Å². The summed E-state index contributed by atoms with van der Waals surface area (Å²) < 4.78 is 5.21. The van der Waals surface area contributed by atoms with Crippen molar-refractivity contribution < 1.29 is 9.53 Å². The number of ether oxygens (including phenoxy) is 1. The van der Waals surface area contributed by atoms with Gasteiger partial charge in [-0.3, -0.25) is 4.79 Å². The molecule has 0 fully saturated rings. The minimum Gasteiger partial charge on any atom is -0.465 e. The van der Waals surface area contributed by atoms with Crippen molar-refractivity contribution in [2.24, 2.45) is 16.6 Å². The summed E-state index contributed by atoms with van der Waals surface area (Å²) in [5, 5.41) is 0. The maximum absolute atomic E-state index is 11.6. The van der Waals surface area contributed by atoms with Gasteiger partial charge in [0, 0.05) is 0 Å². The molecule has 0 aliphatic heterocycles. The van der Waals surface area contributed by atoms with Crippen LogP contribution in [-0.4, -0.2) is 18.6 Å². The molecule has 17 heavy (non-hydrogen) atoms. The molecule has 0 bridgehead atoms. The van der Waals surface area contributed by atoms with Crippen molar-refractivity contribution in [3.63, 3.8) is 0 Å². The number of rotatable bonds is 6. The van der Waals surface area contributed by atoms with E-state index in [2.05, 4.69) is 20.8 Å². The number of nitrogens with two attached hydrogens (primary N) is 1. The third-order valence-electron chi connectivity index (χ3n) is 3.39. The van der Waals surface area contributed by atoms with E-state index in [9.17, 15) is 4.79 Å². The van der Waals surface area contributed by atoms with E-state index in [1.165, 1.54) is 0 Å². The molecule has 2 N–H and O–H groups in total. The quantitative estimate of drug-likeness (QED) is 0.576. The van der Waals surface area contributed by atoms with Crippen LogP contribution in [0.1, 0.15) is 60.8 Å². The maximum Gasteiger partial charge on any atom is 0.323 e. The van der Waals surface area contributed by atoms with Gasteiger partial charge in [-0.15, -0.1) is 0 Å². The van der Waals surface area contributed by atoms with Gasteiger partial charge in [0.1, 0.15) is 6.04 Å². The van der Waals surface area contributed by atoms with Crippen molar-refractivity contribution in [1.29, 1.82) is 0 Å². The average Bonchev–Trinajstić information content (AvgIpc) is 2.21. The number of carbonyl (C=O) groups excluding carboxylic acids is 1. The molecule has 0 saturated carbocycles. The minimum absolute atomic E-state index is 0.236. The second kappa shape index (κ2) is 6.39. The fourth-order valence-electron chi connectivity index (χ4n) is 1.34. The predicted octanol–water partition coefficient (Wildman–Crippen LogP) is 3.12. The fourth-order valence-corrected chi connectivity index (χ4v) is 1.34. The second-order valence-corrected chi connectivity index (χ2v) is 6.63. The number of carbonyl (C=O) groups is 1. The summed E-state index contributed by atoms with van der Waals surface area (Å²) >= 11 is 0. The first-order valence-electron chi connectivity index (χ1n) is 6.52. The van der Waals surface area contributed by atoms with Crippen LogP contribution in [0.4, 0.5) is 0 Å². The Labute approximate surface area is 106 Å². The van der Waals surface area contributed by atoms with Crippen LogP contribution < -0.4 is 5.73 Å². The van der Waals surface area contributed by atoms with Crippen molar-refractivity contribution in [3.8, 4) is 0 Å². The van der Waals surface area contributed by atoms with E-state index >= 15 is 0 Å². The lowest BCUT2D eigenvalue weighted by atomic mass is 9.85. The summed E-state index contributed by atoms with van der Waals surface area (Å²) in [6, 6.07) is -0.540. The Morgan fingerprint density at radius 1 is 1.24 bits per heavy atom. The molecule has 0 radical (unpaired) electrons. The molecule has 0 heterocycles. The van der Waals surface area contributed by atoms with Crippen LogP contribution in [0.25, 0.3) is 0 Å². The first-order chi connectivity index (χ1) is 7.60. The van der Waals surface area contributed by atoms with Crippen molar-refractivity contribution in [2.75, 3.05) is 6.61 Å². The summed E-state index contributed by atoms with van der Waals surface area (Å²) in [4.78, 5) is 11.6. The van der Waals surface area contributed by atoms with Gasteiger partial charge in [0.2, 0.25) is 0 Å². The molecule has 0 rings (SSSR count). The zero-order chi connectivity index (χ0) is 13.7. The van der Waals surface area contributed by atoms with Gasteiger partial charge >= 0.3 is 5.97 Å². The van der Waals surface area contributed by atoms with E-state index in [-0.39, 0.29) is 11.4 Å². The van der Waals surface area contributed by atoms with E-state index in [1.54, 1.807) is 0 Å². The highest BCUT2D eigenvalue weighted by Crippen LogP contribution is 2.26. The van der Waals surface area contributed by atoms with E-state index in [4.69, 9.17) is 10.5 Å². The normalized spacial score (nSPS) is 14.5. The van der Waals surface area contributed by atoms with Crippen LogP contribution in [0.5, 0.6) is 0 Å². The maximum atomic E-state index is 11.6. The first-order valence-corrected chi connectivity index (χ1v) is 6.52. The molecule has 0 aromatic rings. The van der Waals surface area contributed by atoms with Crippen molar-refractivity contribution >= 4 is 5.97 Å². The van der Waals surface area contributed by atoms with Crippen LogP contribution in [0, 0.1) is 10.8 Å². The zero-order valence-electron chi connectivity index (χ0n) is 12.3. The average molecular weight is 243 g/mol. The highest BCUT2D eigenvalue weighted by atomic mass is 16.5. The predicted molar refractivity (Wildman–Crippen MR) is 71.7 cm³/mol. The number of esters is 1. The SMILES string of the molecule is CCC(C)(C)CCCOC(=O)C(N)C(C)(C)C. The molecular weight excluding hydrogens is 214 g/mol. The van der Waals surface area contributed by atoms with Crippen LogP contribution >= 0.6 is 0 Å². The summed E-state index contributed by atoms with van der Waals surface area (Å²) in [5.41, 5.74) is 5.91. The van der Waals surface area contributed by atoms with Gasteiger partial charge in [0.25, 0.3) is 0 Å². The highest BCUT2D eigenvalue weighted by Gasteiger charge is 2.28. The third-order valence-corrected chi connectivity index (χ3v) is 3.39. The topological polar surface area (TPSA) is 52.3 Å². The van der Waals surface area contributed by atoms with E-state index < -0.39 is 6.04 Å². The lowest BCUT2D eigenvalue weighted by molar-refractivity contribution is -0.148. The second-order valence-electron chi connectivity index (χ2n) is 6.63. The number of hydrogen-bond donors (Lipinski definition) is 1. The fraction of sp³-hybridized carbons (Fsp3) is 0.929. The van der Waals surface area contributed by atoms with Crippen molar-refractivity contribution in [2.45, 2.75) is 66.8 Å². The largest absolute Gasteiger partial charge is 0.465 e. The van der Waals surface area contributed by atoms with Gasteiger partial charge in [-0.1, -0.05) is 48.0 Å². The van der Waals surface area contributed by atoms with Crippen LogP contribution in [-0.2, 0) is 9.53 Å².